The Morgan fingerprint density at radius 1 is 0.939 bits per heavy atom. The number of carbonyl (C=O) groups excluding carboxylic acids is 3. The molecule has 1 atom stereocenters. The second kappa shape index (κ2) is 9.38. The van der Waals surface area contributed by atoms with Gasteiger partial charge in [-0.25, -0.2) is 0 Å². The van der Waals surface area contributed by atoms with Crippen molar-refractivity contribution < 1.29 is 14.4 Å². The largest absolute Gasteiger partial charge is 0.352 e. The predicted molar refractivity (Wildman–Crippen MR) is 127 cm³/mol. The summed E-state index contributed by atoms with van der Waals surface area (Å²) in [5.41, 5.74) is 2.70. The molecule has 3 amide bonds. The lowest BCUT2D eigenvalue weighted by molar-refractivity contribution is -0.122. The molecule has 0 spiro atoms. The molecular formula is C27H31N3O3. The van der Waals surface area contributed by atoms with Crippen molar-refractivity contribution in [2.75, 3.05) is 18.0 Å². The van der Waals surface area contributed by atoms with Crippen molar-refractivity contribution in [1.29, 1.82) is 0 Å². The summed E-state index contributed by atoms with van der Waals surface area (Å²) in [7, 11) is 0. The number of hydrogen-bond donors (Lipinski definition) is 1. The molecule has 3 aliphatic rings. The first kappa shape index (κ1) is 21.7. The van der Waals surface area contributed by atoms with Crippen LogP contribution in [0.3, 0.4) is 0 Å². The Hall–Kier alpha value is -3.15. The van der Waals surface area contributed by atoms with Crippen LogP contribution >= 0.6 is 0 Å². The summed E-state index contributed by atoms with van der Waals surface area (Å²) in [6, 6.07) is 14.4. The second-order valence-corrected chi connectivity index (χ2v) is 9.51. The summed E-state index contributed by atoms with van der Waals surface area (Å²) in [4.78, 5) is 42.8. The van der Waals surface area contributed by atoms with E-state index in [4.69, 9.17) is 0 Å². The number of carbonyl (C=O) groups is 3. The highest BCUT2D eigenvalue weighted by Crippen LogP contribution is 2.33. The molecule has 2 aromatic carbocycles. The predicted octanol–water partition coefficient (Wildman–Crippen LogP) is 4.15. The number of nitrogens with one attached hydrogen (secondary N) is 1. The third-order valence-electron chi connectivity index (χ3n) is 7.30. The standard InChI is InChI=1S/C27H31N3O3/c31-25(28-17-19-8-2-1-3-9-19)21-11-6-10-20(16-21)18-30-23-13-5-4-12-22(23)26(32)29-15-7-14-24(29)27(30)33/h4-6,10-13,16,19,24H,1-3,7-9,14-15,17-18H2,(H,28,31)/t24-/m1/s1. The van der Waals surface area contributed by atoms with Crippen LogP contribution in [0.5, 0.6) is 0 Å². The fourth-order valence-electron chi connectivity index (χ4n) is 5.50. The van der Waals surface area contributed by atoms with Crippen molar-refractivity contribution in [1.82, 2.24) is 10.2 Å². The van der Waals surface area contributed by atoms with Crippen LogP contribution in [-0.2, 0) is 11.3 Å². The normalized spacial score (nSPS) is 20.9. The third kappa shape index (κ3) is 4.39. The Bertz CT molecular complexity index is 1060. The summed E-state index contributed by atoms with van der Waals surface area (Å²) in [6.07, 6.45) is 7.72. The first-order valence-electron chi connectivity index (χ1n) is 12.2. The zero-order chi connectivity index (χ0) is 22.8. The van der Waals surface area contributed by atoms with Gasteiger partial charge < -0.3 is 15.1 Å². The number of rotatable bonds is 5. The highest BCUT2D eigenvalue weighted by atomic mass is 16.2. The molecule has 6 heteroatoms. The van der Waals surface area contributed by atoms with Gasteiger partial charge in [-0.15, -0.1) is 0 Å². The van der Waals surface area contributed by atoms with E-state index in [1.165, 1.54) is 32.1 Å². The van der Waals surface area contributed by atoms with Crippen LogP contribution in [0.15, 0.2) is 48.5 Å². The van der Waals surface area contributed by atoms with Crippen molar-refractivity contribution in [3.05, 3.63) is 65.2 Å². The van der Waals surface area contributed by atoms with Crippen LogP contribution in [0.2, 0.25) is 0 Å². The maximum absolute atomic E-state index is 13.5. The molecule has 6 nitrogen and oxygen atoms in total. The zero-order valence-corrected chi connectivity index (χ0v) is 19.0. The molecule has 1 saturated carbocycles. The lowest BCUT2D eigenvalue weighted by atomic mass is 9.89. The van der Waals surface area contributed by atoms with Crippen LogP contribution in [-0.4, -0.2) is 41.8 Å². The molecule has 2 aromatic rings. The fourth-order valence-corrected chi connectivity index (χ4v) is 5.50. The fraction of sp³-hybridized carbons (Fsp3) is 0.444. The van der Waals surface area contributed by atoms with Crippen molar-refractivity contribution >= 4 is 23.4 Å². The van der Waals surface area contributed by atoms with Gasteiger partial charge in [0.2, 0.25) is 5.91 Å². The van der Waals surface area contributed by atoms with Crippen LogP contribution in [0.25, 0.3) is 0 Å². The summed E-state index contributed by atoms with van der Waals surface area (Å²) in [5.74, 6) is 0.393. The molecule has 1 aliphatic carbocycles. The molecule has 0 unspecified atom stereocenters. The lowest BCUT2D eigenvalue weighted by Crippen LogP contribution is -2.44. The average Bonchev–Trinajstić information content (AvgIpc) is 3.33. The summed E-state index contributed by atoms with van der Waals surface area (Å²) >= 11 is 0. The molecule has 0 bridgehead atoms. The molecule has 0 radical (unpaired) electrons. The third-order valence-corrected chi connectivity index (χ3v) is 7.30. The number of benzene rings is 2. The van der Waals surface area contributed by atoms with Crippen molar-refractivity contribution in [3.63, 3.8) is 0 Å². The number of hydrogen-bond acceptors (Lipinski definition) is 3. The maximum Gasteiger partial charge on any atom is 0.256 e. The molecule has 1 N–H and O–H groups in total. The van der Waals surface area contributed by atoms with E-state index in [0.29, 0.717) is 42.2 Å². The molecule has 0 aromatic heterocycles. The Labute approximate surface area is 194 Å². The maximum atomic E-state index is 13.5. The molecule has 2 heterocycles. The van der Waals surface area contributed by atoms with Crippen LogP contribution in [0.1, 0.15) is 71.2 Å². The minimum absolute atomic E-state index is 0.0436. The van der Waals surface area contributed by atoms with Gasteiger partial charge in [-0.3, -0.25) is 14.4 Å². The van der Waals surface area contributed by atoms with E-state index >= 15 is 0 Å². The SMILES string of the molecule is O=C(NCC1CCCCC1)c1cccc(CN2C(=O)[C@H]3CCCN3C(=O)c3ccccc32)c1. The molecule has 33 heavy (non-hydrogen) atoms. The Morgan fingerprint density at radius 3 is 2.61 bits per heavy atom. The van der Waals surface area contributed by atoms with Gasteiger partial charge in [0.25, 0.3) is 11.8 Å². The quantitative estimate of drug-likeness (QED) is 0.752. The van der Waals surface area contributed by atoms with E-state index in [2.05, 4.69) is 5.32 Å². The van der Waals surface area contributed by atoms with Gasteiger partial charge in [0.1, 0.15) is 6.04 Å². The number of amides is 3. The Balaban J connectivity index is 1.36. The van der Waals surface area contributed by atoms with E-state index in [1.807, 2.05) is 42.5 Å². The molecule has 2 fully saturated rings. The summed E-state index contributed by atoms with van der Waals surface area (Å²) < 4.78 is 0. The first-order chi connectivity index (χ1) is 16.1. The minimum atomic E-state index is -0.410. The topological polar surface area (TPSA) is 69.7 Å². The average molecular weight is 446 g/mol. The molecule has 2 aliphatic heterocycles. The lowest BCUT2D eigenvalue weighted by Gasteiger charge is -2.26. The molecule has 172 valence electrons. The number of nitrogens with zero attached hydrogens (tertiary/aromatic N) is 2. The van der Waals surface area contributed by atoms with Gasteiger partial charge in [0.15, 0.2) is 0 Å². The first-order valence-corrected chi connectivity index (χ1v) is 12.2. The molecule has 1 saturated heterocycles. The molecular weight excluding hydrogens is 414 g/mol. The Kier molecular flexibility index (Phi) is 6.16. The van der Waals surface area contributed by atoms with Crippen molar-refractivity contribution in [2.24, 2.45) is 5.92 Å². The van der Waals surface area contributed by atoms with E-state index in [-0.39, 0.29) is 17.7 Å². The van der Waals surface area contributed by atoms with Gasteiger partial charge in [-0.2, -0.15) is 0 Å². The second-order valence-electron chi connectivity index (χ2n) is 9.51. The smallest absolute Gasteiger partial charge is 0.256 e. The summed E-state index contributed by atoms with van der Waals surface area (Å²) in [6.45, 7) is 1.67. The molecule has 5 rings (SSSR count). The number of fused-ring (bicyclic) bond motifs is 2. The van der Waals surface area contributed by atoms with Crippen molar-refractivity contribution in [3.8, 4) is 0 Å². The Morgan fingerprint density at radius 2 is 1.76 bits per heavy atom. The summed E-state index contributed by atoms with van der Waals surface area (Å²) in [5, 5.41) is 3.10. The monoisotopic (exact) mass is 445 g/mol. The minimum Gasteiger partial charge on any atom is -0.352 e. The number of anilines is 1. The van der Waals surface area contributed by atoms with Crippen LogP contribution in [0, 0.1) is 5.92 Å². The van der Waals surface area contributed by atoms with E-state index in [9.17, 15) is 14.4 Å². The van der Waals surface area contributed by atoms with Gasteiger partial charge in [-0.1, -0.05) is 43.5 Å². The highest BCUT2D eigenvalue weighted by molar-refractivity contribution is 6.11. The van der Waals surface area contributed by atoms with Crippen LogP contribution < -0.4 is 10.2 Å². The van der Waals surface area contributed by atoms with Gasteiger partial charge in [0, 0.05) is 18.7 Å². The number of para-hydroxylation sites is 1. The van der Waals surface area contributed by atoms with Crippen molar-refractivity contribution in [2.45, 2.75) is 57.5 Å². The highest BCUT2D eigenvalue weighted by Gasteiger charge is 2.41. The van der Waals surface area contributed by atoms with Gasteiger partial charge >= 0.3 is 0 Å². The zero-order valence-electron chi connectivity index (χ0n) is 19.0. The van der Waals surface area contributed by atoms with Crippen LogP contribution in [0.4, 0.5) is 5.69 Å². The van der Waals surface area contributed by atoms with Gasteiger partial charge in [0.05, 0.1) is 17.8 Å². The van der Waals surface area contributed by atoms with Gasteiger partial charge in [-0.05, 0) is 61.4 Å². The van der Waals surface area contributed by atoms with E-state index in [0.717, 1.165) is 18.5 Å². The van der Waals surface area contributed by atoms with E-state index in [1.54, 1.807) is 15.9 Å². The van der Waals surface area contributed by atoms with E-state index < -0.39 is 6.04 Å².